The molecule has 0 radical (unpaired) electrons. The van der Waals surface area contributed by atoms with Crippen LogP contribution in [0.25, 0.3) is 0 Å². The second-order valence-electron chi connectivity index (χ2n) is 4.36. The van der Waals surface area contributed by atoms with Crippen molar-refractivity contribution in [2.75, 3.05) is 13.2 Å². The first-order chi connectivity index (χ1) is 8.33. The Bertz CT molecular complexity index is 247. The number of rotatable bonds is 9. The smallest absolute Gasteiger partial charge is 0.231 e. The number of hydrogen-bond donors (Lipinski definition) is 0. The van der Waals surface area contributed by atoms with Crippen LogP contribution in [0.15, 0.2) is 10.3 Å². The molecule has 0 saturated heterocycles. The van der Waals surface area contributed by atoms with Crippen molar-refractivity contribution in [1.82, 2.24) is 0 Å². The van der Waals surface area contributed by atoms with E-state index in [4.69, 9.17) is 19.1 Å². The lowest BCUT2D eigenvalue weighted by atomic mass is 10.4. The van der Waals surface area contributed by atoms with Crippen LogP contribution in [0, 0.1) is 0 Å². The lowest BCUT2D eigenvalue weighted by molar-refractivity contribution is -0.211. The topological polar surface area (TPSA) is 61.6 Å². The highest BCUT2D eigenvalue weighted by Gasteiger charge is 2.19. The number of hydrogen-bond acceptors (Lipinski definition) is 6. The van der Waals surface area contributed by atoms with Crippen molar-refractivity contribution in [3.05, 3.63) is 0 Å². The molecule has 0 rings (SSSR count). The molecule has 6 heteroatoms. The summed E-state index contributed by atoms with van der Waals surface area (Å²) < 4.78 is 10.6. The second kappa shape index (κ2) is 8.05. The fourth-order valence-corrected chi connectivity index (χ4v) is 1.12. The van der Waals surface area contributed by atoms with Gasteiger partial charge < -0.3 is 19.1 Å². The molecule has 0 fully saturated rings. The van der Waals surface area contributed by atoms with Crippen LogP contribution >= 0.6 is 0 Å². The monoisotopic (exact) mass is 260 g/mol. The third-order valence-electron chi connectivity index (χ3n) is 1.72. The van der Waals surface area contributed by atoms with Gasteiger partial charge in [0, 0.05) is 40.9 Å². The predicted molar refractivity (Wildman–Crippen MR) is 70.6 cm³/mol. The maximum absolute atomic E-state index is 5.29. The minimum Gasteiger partial charge on any atom is -0.361 e. The van der Waals surface area contributed by atoms with Crippen molar-refractivity contribution < 1.29 is 19.1 Å². The Morgan fingerprint density at radius 3 is 1.39 bits per heavy atom. The normalized spacial score (nSPS) is 13.4. The van der Waals surface area contributed by atoms with Crippen LogP contribution in [0.3, 0.4) is 0 Å². The predicted octanol–water partition coefficient (Wildman–Crippen LogP) is 2.54. The molecule has 0 aliphatic rings. The lowest BCUT2D eigenvalue weighted by Crippen LogP contribution is -2.26. The van der Waals surface area contributed by atoms with Crippen LogP contribution in [0.4, 0.5) is 0 Å². The molecule has 0 aromatic carbocycles. The van der Waals surface area contributed by atoms with Crippen LogP contribution in [-0.2, 0) is 19.1 Å². The maximum atomic E-state index is 5.29. The Morgan fingerprint density at radius 2 is 1.11 bits per heavy atom. The first kappa shape index (κ1) is 16.9. The summed E-state index contributed by atoms with van der Waals surface area (Å²) in [5, 5.41) is 7.41. The molecule has 0 aromatic rings. The van der Waals surface area contributed by atoms with E-state index in [0.717, 1.165) is 0 Å². The molecular formula is C12H24N2O4. The summed E-state index contributed by atoms with van der Waals surface area (Å²) in [6, 6.07) is 0. The highest BCUT2D eigenvalue weighted by Crippen LogP contribution is 2.11. The first-order valence-electron chi connectivity index (χ1n) is 6.02. The van der Waals surface area contributed by atoms with Gasteiger partial charge in [0.15, 0.2) is 0 Å². The minimum absolute atomic E-state index is 0.558. The lowest BCUT2D eigenvalue weighted by Gasteiger charge is -2.21. The molecule has 0 amide bonds. The Balaban J connectivity index is 3.95. The van der Waals surface area contributed by atoms with Crippen LogP contribution < -0.4 is 0 Å². The second-order valence-corrected chi connectivity index (χ2v) is 4.36. The maximum Gasteiger partial charge on any atom is 0.231 e. The van der Waals surface area contributed by atoms with Gasteiger partial charge in [-0.05, 0) is 13.8 Å². The van der Waals surface area contributed by atoms with Gasteiger partial charge in [0.1, 0.15) is 0 Å². The standard InChI is InChI=1S/C12H24N2O4/c1-7-15-11(3,4)17-13-9-10-14-18-12(5,6)16-8-2/h9-10H,7-8H2,1-6H3/b13-9+,14-10+. The molecule has 0 aliphatic heterocycles. The van der Waals surface area contributed by atoms with Crippen molar-refractivity contribution >= 4 is 12.4 Å². The van der Waals surface area contributed by atoms with Gasteiger partial charge in [-0.3, -0.25) is 0 Å². The summed E-state index contributed by atoms with van der Waals surface area (Å²) in [5.74, 6) is -1.49. The summed E-state index contributed by atoms with van der Waals surface area (Å²) in [7, 11) is 0. The quantitative estimate of drug-likeness (QED) is 0.363. The van der Waals surface area contributed by atoms with Crippen molar-refractivity contribution in [1.29, 1.82) is 0 Å². The van der Waals surface area contributed by atoms with E-state index in [-0.39, 0.29) is 0 Å². The molecule has 0 heterocycles. The van der Waals surface area contributed by atoms with E-state index < -0.39 is 11.6 Å². The molecule has 0 spiro atoms. The Morgan fingerprint density at radius 1 is 0.778 bits per heavy atom. The Kier molecular flexibility index (Phi) is 7.54. The van der Waals surface area contributed by atoms with Crippen LogP contribution in [0.2, 0.25) is 0 Å². The molecule has 0 saturated carbocycles. The molecule has 0 bridgehead atoms. The summed E-state index contributed by atoms with van der Waals surface area (Å²) >= 11 is 0. The van der Waals surface area contributed by atoms with E-state index in [1.807, 2.05) is 13.8 Å². The van der Waals surface area contributed by atoms with Crippen LogP contribution in [0.1, 0.15) is 41.5 Å². The van der Waals surface area contributed by atoms with Gasteiger partial charge in [-0.2, -0.15) is 0 Å². The fourth-order valence-electron chi connectivity index (χ4n) is 1.12. The molecule has 106 valence electrons. The van der Waals surface area contributed by atoms with E-state index in [1.165, 1.54) is 12.4 Å². The van der Waals surface area contributed by atoms with E-state index in [2.05, 4.69) is 10.3 Å². The largest absolute Gasteiger partial charge is 0.361 e. The SMILES string of the molecule is CCOC(C)(C)O/N=C/C=N/OC(C)(C)OCC. The highest BCUT2D eigenvalue weighted by molar-refractivity contribution is 6.15. The number of oxime groups is 2. The molecule has 0 aliphatic carbocycles. The minimum atomic E-state index is -0.745. The zero-order chi connectivity index (χ0) is 14.1. The molecule has 18 heavy (non-hydrogen) atoms. The van der Waals surface area contributed by atoms with E-state index in [1.54, 1.807) is 27.7 Å². The highest BCUT2D eigenvalue weighted by atomic mass is 16.8. The molecule has 6 nitrogen and oxygen atoms in total. The van der Waals surface area contributed by atoms with Crippen molar-refractivity contribution in [3.8, 4) is 0 Å². The molecule has 0 unspecified atom stereocenters. The van der Waals surface area contributed by atoms with Crippen LogP contribution in [-0.4, -0.2) is 37.2 Å². The van der Waals surface area contributed by atoms with Crippen LogP contribution in [0.5, 0.6) is 0 Å². The van der Waals surface area contributed by atoms with Crippen molar-refractivity contribution in [2.24, 2.45) is 10.3 Å². The van der Waals surface area contributed by atoms with E-state index >= 15 is 0 Å². The van der Waals surface area contributed by atoms with Crippen molar-refractivity contribution in [2.45, 2.75) is 53.1 Å². The van der Waals surface area contributed by atoms with Gasteiger partial charge in [0.25, 0.3) is 0 Å². The van der Waals surface area contributed by atoms with Gasteiger partial charge >= 0.3 is 0 Å². The Labute approximate surface area is 109 Å². The van der Waals surface area contributed by atoms with E-state index in [0.29, 0.717) is 13.2 Å². The third-order valence-corrected chi connectivity index (χ3v) is 1.72. The summed E-state index contributed by atoms with van der Waals surface area (Å²) in [6.45, 7) is 12.0. The summed E-state index contributed by atoms with van der Waals surface area (Å²) in [6.07, 6.45) is 2.76. The average Bonchev–Trinajstić information content (AvgIpc) is 2.22. The van der Waals surface area contributed by atoms with E-state index in [9.17, 15) is 0 Å². The fraction of sp³-hybridized carbons (Fsp3) is 0.833. The number of ether oxygens (including phenoxy) is 2. The summed E-state index contributed by atoms with van der Waals surface area (Å²) in [4.78, 5) is 10.2. The zero-order valence-corrected chi connectivity index (χ0v) is 12.1. The van der Waals surface area contributed by atoms with Crippen molar-refractivity contribution in [3.63, 3.8) is 0 Å². The summed E-state index contributed by atoms with van der Waals surface area (Å²) in [5.41, 5.74) is 0. The zero-order valence-electron chi connectivity index (χ0n) is 12.1. The first-order valence-corrected chi connectivity index (χ1v) is 6.02. The van der Waals surface area contributed by atoms with Gasteiger partial charge in [-0.25, -0.2) is 0 Å². The van der Waals surface area contributed by atoms with Gasteiger partial charge in [0.2, 0.25) is 11.6 Å². The molecule has 0 N–H and O–H groups in total. The van der Waals surface area contributed by atoms with Gasteiger partial charge in [-0.15, -0.1) is 0 Å². The molecular weight excluding hydrogens is 236 g/mol. The van der Waals surface area contributed by atoms with Gasteiger partial charge in [0.05, 0.1) is 12.4 Å². The molecule has 0 atom stereocenters. The third kappa shape index (κ3) is 8.95. The number of nitrogens with zero attached hydrogens (tertiary/aromatic N) is 2. The average molecular weight is 260 g/mol. The van der Waals surface area contributed by atoms with Gasteiger partial charge in [-0.1, -0.05) is 10.3 Å². The molecule has 0 aromatic heterocycles. The Hall–Kier alpha value is -1.14.